The van der Waals surface area contributed by atoms with Crippen LogP contribution in [0.2, 0.25) is 0 Å². The van der Waals surface area contributed by atoms with Crippen molar-refractivity contribution in [3.63, 3.8) is 0 Å². The Bertz CT molecular complexity index is 406. The van der Waals surface area contributed by atoms with Gasteiger partial charge in [-0.25, -0.2) is 10.3 Å². The molecule has 1 aromatic rings. The molecule has 0 spiro atoms. The van der Waals surface area contributed by atoms with Gasteiger partial charge in [0.15, 0.2) is 0 Å². The Morgan fingerprint density at radius 2 is 2.11 bits per heavy atom. The highest BCUT2D eigenvalue weighted by atomic mass is 19.1. The minimum Gasteiger partial charge on any atom is -0.333 e. The van der Waals surface area contributed by atoms with E-state index >= 15 is 0 Å². The molecule has 0 radical (unpaired) electrons. The van der Waals surface area contributed by atoms with Crippen molar-refractivity contribution in [1.29, 1.82) is 0 Å². The summed E-state index contributed by atoms with van der Waals surface area (Å²) < 4.78 is 12.8. The van der Waals surface area contributed by atoms with Crippen LogP contribution in [0.1, 0.15) is 29.6 Å². The van der Waals surface area contributed by atoms with Gasteiger partial charge in [-0.3, -0.25) is 4.79 Å². The number of piperidine rings is 1. The van der Waals surface area contributed by atoms with Crippen LogP contribution < -0.4 is 5.90 Å². The van der Waals surface area contributed by atoms with Crippen LogP contribution in [0.25, 0.3) is 0 Å². The molecular formula is C13H17FN2O2. The summed E-state index contributed by atoms with van der Waals surface area (Å²) in [5, 5.41) is 0. The number of likely N-dealkylation sites (tertiary alicyclic amines) is 1. The summed E-state index contributed by atoms with van der Waals surface area (Å²) in [6.07, 6.45) is 2.94. The Morgan fingerprint density at radius 3 is 2.78 bits per heavy atom. The van der Waals surface area contributed by atoms with Crippen LogP contribution in [-0.2, 0) is 4.84 Å². The van der Waals surface area contributed by atoms with Gasteiger partial charge in [-0.1, -0.05) is 0 Å². The SMILES string of the molecule is NOCC1CCCCN1C(=O)c1ccc(F)cc1. The van der Waals surface area contributed by atoms with Crippen LogP contribution in [0.3, 0.4) is 0 Å². The maximum atomic E-state index is 12.8. The summed E-state index contributed by atoms with van der Waals surface area (Å²) in [6.45, 7) is 1.04. The third kappa shape index (κ3) is 2.86. The van der Waals surface area contributed by atoms with Gasteiger partial charge in [0.2, 0.25) is 0 Å². The van der Waals surface area contributed by atoms with Crippen LogP contribution in [-0.4, -0.2) is 30.0 Å². The molecule has 1 heterocycles. The fraction of sp³-hybridized carbons (Fsp3) is 0.462. The largest absolute Gasteiger partial charge is 0.333 e. The predicted octanol–water partition coefficient (Wildman–Crippen LogP) is 1.71. The van der Waals surface area contributed by atoms with Crippen molar-refractivity contribution in [3.8, 4) is 0 Å². The first-order valence-corrected chi connectivity index (χ1v) is 6.10. The van der Waals surface area contributed by atoms with Gasteiger partial charge in [0, 0.05) is 12.1 Å². The molecular weight excluding hydrogens is 235 g/mol. The molecule has 0 bridgehead atoms. The Hall–Kier alpha value is -1.46. The Balaban J connectivity index is 2.12. The van der Waals surface area contributed by atoms with E-state index in [4.69, 9.17) is 5.90 Å². The normalized spacial score (nSPS) is 19.9. The highest BCUT2D eigenvalue weighted by Crippen LogP contribution is 2.20. The first-order chi connectivity index (χ1) is 8.72. The van der Waals surface area contributed by atoms with E-state index in [1.165, 1.54) is 24.3 Å². The van der Waals surface area contributed by atoms with Crippen molar-refractivity contribution in [1.82, 2.24) is 4.90 Å². The summed E-state index contributed by atoms with van der Waals surface area (Å²) in [5.41, 5.74) is 0.500. The van der Waals surface area contributed by atoms with Crippen molar-refractivity contribution in [2.75, 3.05) is 13.2 Å². The lowest BCUT2D eigenvalue weighted by atomic mass is 10.0. The van der Waals surface area contributed by atoms with Gasteiger partial charge < -0.3 is 9.74 Å². The molecule has 1 aliphatic rings. The van der Waals surface area contributed by atoms with E-state index in [9.17, 15) is 9.18 Å². The number of hydrogen-bond donors (Lipinski definition) is 1. The zero-order valence-corrected chi connectivity index (χ0v) is 10.1. The molecule has 0 aromatic heterocycles. The molecule has 5 heteroatoms. The van der Waals surface area contributed by atoms with Crippen LogP contribution in [0.15, 0.2) is 24.3 Å². The number of carbonyl (C=O) groups excluding carboxylic acids is 1. The fourth-order valence-corrected chi connectivity index (χ4v) is 2.31. The molecule has 1 aromatic carbocycles. The van der Waals surface area contributed by atoms with E-state index in [1.54, 1.807) is 4.90 Å². The van der Waals surface area contributed by atoms with Crippen molar-refractivity contribution < 1.29 is 14.0 Å². The molecule has 2 N–H and O–H groups in total. The highest BCUT2D eigenvalue weighted by Gasteiger charge is 2.27. The number of hydrogen-bond acceptors (Lipinski definition) is 3. The van der Waals surface area contributed by atoms with Crippen LogP contribution in [0.4, 0.5) is 4.39 Å². The summed E-state index contributed by atoms with van der Waals surface area (Å²) >= 11 is 0. The molecule has 18 heavy (non-hydrogen) atoms. The maximum Gasteiger partial charge on any atom is 0.254 e. The summed E-state index contributed by atoms with van der Waals surface area (Å²) in [5.74, 6) is 4.67. The quantitative estimate of drug-likeness (QED) is 0.833. The van der Waals surface area contributed by atoms with Gasteiger partial charge in [-0.2, -0.15) is 0 Å². The van der Waals surface area contributed by atoms with Crippen molar-refractivity contribution in [2.24, 2.45) is 5.90 Å². The minimum atomic E-state index is -0.341. The second-order valence-corrected chi connectivity index (χ2v) is 4.49. The van der Waals surface area contributed by atoms with Gasteiger partial charge in [-0.15, -0.1) is 0 Å². The Kier molecular flexibility index (Phi) is 4.28. The van der Waals surface area contributed by atoms with Crippen LogP contribution in [0.5, 0.6) is 0 Å². The number of amides is 1. The van der Waals surface area contributed by atoms with Crippen molar-refractivity contribution in [2.45, 2.75) is 25.3 Å². The average Bonchev–Trinajstić information content (AvgIpc) is 2.40. The molecule has 1 aliphatic heterocycles. The lowest BCUT2D eigenvalue weighted by Gasteiger charge is -2.35. The summed E-state index contributed by atoms with van der Waals surface area (Å²) in [7, 11) is 0. The van der Waals surface area contributed by atoms with E-state index in [-0.39, 0.29) is 17.8 Å². The van der Waals surface area contributed by atoms with Gasteiger partial charge in [0.05, 0.1) is 12.6 Å². The van der Waals surface area contributed by atoms with Gasteiger partial charge in [0.25, 0.3) is 5.91 Å². The fourth-order valence-electron chi connectivity index (χ4n) is 2.31. The topological polar surface area (TPSA) is 55.6 Å². The molecule has 1 saturated heterocycles. The lowest BCUT2D eigenvalue weighted by Crippen LogP contribution is -2.46. The Labute approximate surface area is 105 Å². The molecule has 0 saturated carbocycles. The first-order valence-electron chi connectivity index (χ1n) is 6.10. The smallest absolute Gasteiger partial charge is 0.254 e. The predicted molar refractivity (Wildman–Crippen MR) is 65.2 cm³/mol. The molecule has 4 nitrogen and oxygen atoms in total. The maximum absolute atomic E-state index is 12.8. The third-order valence-electron chi connectivity index (χ3n) is 3.27. The van der Waals surface area contributed by atoms with E-state index in [0.717, 1.165) is 19.3 Å². The van der Waals surface area contributed by atoms with E-state index in [0.29, 0.717) is 18.7 Å². The van der Waals surface area contributed by atoms with Gasteiger partial charge >= 0.3 is 0 Å². The number of rotatable bonds is 3. The molecule has 1 unspecified atom stereocenters. The monoisotopic (exact) mass is 252 g/mol. The summed E-state index contributed by atoms with van der Waals surface area (Å²) in [6, 6.07) is 5.62. The highest BCUT2D eigenvalue weighted by molar-refractivity contribution is 5.94. The average molecular weight is 252 g/mol. The van der Waals surface area contributed by atoms with Gasteiger partial charge in [0.1, 0.15) is 5.82 Å². The summed E-state index contributed by atoms with van der Waals surface area (Å²) in [4.78, 5) is 18.7. The molecule has 2 rings (SSSR count). The standard InChI is InChI=1S/C13H17FN2O2/c14-11-6-4-10(5-7-11)13(17)16-8-2-1-3-12(16)9-18-15/h4-7,12H,1-3,8-9,15H2. The Morgan fingerprint density at radius 1 is 1.39 bits per heavy atom. The zero-order valence-electron chi connectivity index (χ0n) is 10.1. The van der Waals surface area contributed by atoms with Crippen molar-refractivity contribution in [3.05, 3.63) is 35.6 Å². The van der Waals surface area contributed by atoms with E-state index in [1.807, 2.05) is 0 Å². The molecule has 98 valence electrons. The molecule has 1 fully saturated rings. The number of halogens is 1. The number of benzene rings is 1. The van der Waals surface area contributed by atoms with Crippen molar-refractivity contribution >= 4 is 5.91 Å². The van der Waals surface area contributed by atoms with Crippen LogP contribution >= 0.6 is 0 Å². The van der Waals surface area contributed by atoms with Crippen LogP contribution in [0, 0.1) is 5.82 Å². The molecule has 1 amide bonds. The van der Waals surface area contributed by atoms with Gasteiger partial charge in [-0.05, 0) is 43.5 Å². The minimum absolute atomic E-state index is 0.0151. The number of nitrogens with two attached hydrogens (primary N) is 1. The second kappa shape index (κ2) is 5.93. The lowest BCUT2D eigenvalue weighted by molar-refractivity contribution is 0.0314. The third-order valence-corrected chi connectivity index (χ3v) is 3.27. The zero-order chi connectivity index (χ0) is 13.0. The van der Waals surface area contributed by atoms with E-state index in [2.05, 4.69) is 4.84 Å². The molecule has 0 aliphatic carbocycles. The molecule has 1 atom stereocenters. The number of carbonyl (C=O) groups is 1. The second-order valence-electron chi connectivity index (χ2n) is 4.49. The number of nitrogens with zero attached hydrogens (tertiary/aromatic N) is 1. The van der Waals surface area contributed by atoms with E-state index < -0.39 is 0 Å². The first kappa shape index (κ1) is 13.0.